The summed E-state index contributed by atoms with van der Waals surface area (Å²) in [4.78, 5) is 0.702. The Labute approximate surface area is 165 Å². The summed E-state index contributed by atoms with van der Waals surface area (Å²) >= 11 is 7.52. The summed E-state index contributed by atoms with van der Waals surface area (Å²) in [7, 11) is -3.14. The number of sulfonamides is 1. The summed E-state index contributed by atoms with van der Waals surface area (Å²) in [6, 6.07) is 7.29. The van der Waals surface area contributed by atoms with E-state index in [1.54, 1.807) is 10.6 Å². The molecule has 0 radical (unpaired) electrons. The SMILES string of the molecule is CS(=O)(=O)N1CCC(c2nnc3sc(COc4ccccc4Cl)nn23)CC1. The molecule has 1 aromatic carbocycles. The molecule has 1 saturated heterocycles. The normalized spacial score (nSPS) is 16.8. The summed E-state index contributed by atoms with van der Waals surface area (Å²) in [5.41, 5.74) is 0. The van der Waals surface area contributed by atoms with Gasteiger partial charge in [-0.15, -0.1) is 10.2 Å². The third-order valence-corrected chi connectivity index (χ3v) is 7.02. The molecule has 3 aromatic rings. The molecule has 3 heterocycles. The molecular weight excluding hydrogens is 410 g/mol. The summed E-state index contributed by atoms with van der Waals surface area (Å²) in [6.45, 7) is 1.28. The van der Waals surface area contributed by atoms with Crippen LogP contribution in [0.25, 0.3) is 4.96 Å². The van der Waals surface area contributed by atoms with Crippen molar-refractivity contribution in [1.82, 2.24) is 24.1 Å². The van der Waals surface area contributed by atoms with Crippen LogP contribution in [0.5, 0.6) is 5.75 Å². The molecule has 144 valence electrons. The van der Waals surface area contributed by atoms with Crippen LogP contribution in [0.4, 0.5) is 0 Å². The van der Waals surface area contributed by atoms with E-state index in [1.807, 2.05) is 18.2 Å². The maximum atomic E-state index is 11.7. The highest BCUT2D eigenvalue weighted by atomic mass is 35.5. The highest BCUT2D eigenvalue weighted by Gasteiger charge is 2.29. The Kier molecular flexibility index (Phi) is 5.06. The molecule has 11 heteroatoms. The molecule has 0 aliphatic carbocycles. The zero-order chi connectivity index (χ0) is 19.0. The molecule has 1 fully saturated rings. The second-order valence-corrected chi connectivity index (χ2v) is 9.83. The zero-order valence-electron chi connectivity index (χ0n) is 14.6. The first-order chi connectivity index (χ1) is 12.9. The minimum absolute atomic E-state index is 0.137. The van der Waals surface area contributed by atoms with E-state index >= 15 is 0 Å². The van der Waals surface area contributed by atoms with Gasteiger partial charge in [0.25, 0.3) is 0 Å². The number of rotatable bonds is 5. The van der Waals surface area contributed by atoms with Gasteiger partial charge in [-0.25, -0.2) is 12.7 Å². The fourth-order valence-electron chi connectivity index (χ4n) is 3.13. The Morgan fingerprint density at radius 3 is 2.70 bits per heavy atom. The number of hydrogen-bond donors (Lipinski definition) is 0. The van der Waals surface area contributed by atoms with Crippen molar-refractivity contribution in [3.05, 3.63) is 40.1 Å². The third kappa shape index (κ3) is 3.93. The molecular formula is C16H18ClN5O3S2. The summed E-state index contributed by atoms with van der Waals surface area (Å²) in [5.74, 6) is 1.52. The van der Waals surface area contributed by atoms with Crippen LogP contribution in [0.2, 0.25) is 5.02 Å². The number of benzene rings is 1. The Balaban J connectivity index is 1.47. The predicted octanol–water partition coefficient (Wildman–Crippen LogP) is 2.56. The quantitative estimate of drug-likeness (QED) is 0.621. The van der Waals surface area contributed by atoms with Crippen molar-refractivity contribution in [1.29, 1.82) is 0 Å². The molecule has 0 saturated carbocycles. The average Bonchev–Trinajstić information content (AvgIpc) is 3.20. The molecule has 1 aliphatic heterocycles. The van der Waals surface area contributed by atoms with Crippen molar-refractivity contribution < 1.29 is 13.2 Å². The summed E-state index contributed by atoms with van der Waals surface area (Å²) < 4.78 is 32.3. The first-order valence-corrected chi connectivity index (χ1v) is 11.5. The predicted molar refractivity (Wildman–Crippen MR) is 103 cm³/mol. The topological polar surface area (TPSA) is 89.7 Å². The maximum Gasteiger partial charge on any atom is 0.234 e. The minimum Gasteiger partial charge on any atom is -0.485 e. The monoisotopic (exact) mass is 427 g/mol. The molecule has 0 atom stereocenters. The number of ether oxygens (including phenoxy) is 1. The summed E-state index contributed by atoms with van der Waals surface area (Å²) in [6.07, 6.45) is 2.65. The van der Waals surface area contributed by atoms with E-state index in [1.165, 1.54) is 21.9 Å². The number of para-hydroxylation sites is 1. The smallest absolute Gasteiger partial charge is 0.234 e. The molecule has 0 spiro atoms. The highest BCUT2D eigenvalue weighted by molar-refractivity contribution is 7.88. The molecule has 4 rings (SSSR count). The third-order valence-electron chi connectivity index (χ3n) is 4.53. The first-order valence-electron chi connectivity index (χ1n) is 8.45. The van der Waals surface area contributed by atoms with Gasteiger partial charge in [-0.1, -0.05) is 35.1 Å². The van der Waals surface area contributed by atoms with E-state index in [4.69, 9.17) is 16.3 Å². The van der Waals surface area contributed by atoms with Crippen LogP contribution in [0.3, 0.4) is 0 Å². The minimum atomic E-state index is -3.14. The van der Waals surface area contributed by atoms with Gasteiger partial charge in [0.1, 0.15) is 12.4 Å². The Bertz CT molecular complexity index is 1060. The van der Waals surface area contributed by atoms with Gasteiger partial charge in [-0.3, -0.25) is 0 Å². The summed E-state index contributed by atoms with van der Waals surface area (Å²) in [5, 5.41) is 14.4. The molecule has 0 N–H and O–H groups in total. The fraction of sp³-hybridized carbons (Fsp3) is 0.438. The van der Waals surface area contributed by atoms with E-state index in [0.29, 0.717) is 48.3 Å². The molecule has 0 amide bonds. The first kappa shape index (κ1) is 18.6. The van der Waals surface area contributed by atoms with Crippen LogP contribution in [0.1, 0.15) is 29.6 Å². The van der Waals surface area contributed by atoms with Crippen molar-refractivity contribution in [3.8, 4) is 5.75 Å². The largest absolute Gasteiger partial charge is 0.485 e. The standard InChI is InChI=1S/C16H18ClN5O3S2/c1-27(23,24)21-8-6-11(7-9-21)15-18-19-16-22(15)20-14(26-16)10-25-13-5-3-2-4-12(13)17/h2-5,11H,6-10H2,1H3. The van der Waals surface area contributed by atoms with Gasteiger partial charge in [0, 0.05) is 19.0 Å². The van der Waals surface area contributed by atoms with Gasteiger partial charge < -0.3 is 4.74 Å². The van der Waals surface area contributed by atoms with Gasteiger partial charge >= 0.3 is 0 Å². The van der Waals surface area contributed by atoms with Crippen LogP contribution in [-0.4, -0.2) is 51.9 Å². The zero-order valence-corrected chi connectivity index (χ0v) is 17.0. The number of nitrogens with zero attached hydrogens (tertiary/aromatic N) is 5. The fourth-order valence-corrected chi connectivity index (χ4v) is 4.95. The number of hydrogen-bond acceptors (Lipinski definition) is 7. The van der Waals surface area contributed by atoms with Crippen molar-refractivity contribution >= 4 is 37.9 Å². The van der Waals surface area contributed by atoms with Gasteiger partial charge in [-0.2, -0.15) is 9.61 Å². The van der Waals surface area contributed by atoms with E-state index in [-0.39, 0.29) is 5.92 Å². The van der Waals surface area contributed by atoms with Crippen LogP contribution in [0.15, 0.2) is 24.3 Å². The molecule has 1 aliphatic rings. The second-order valence-electron chi connectivity index (χ2n) is 6.40. The number of aromatic nitrogens is 4. The highest BCUT2D eigenvalue weighted by Crippen LogP contribution is 2.29. The lowest BCUT2D eigenvalue weighted by molar-refractivity contribution is 0.302. The van der Waals surface area contributed by atoms with Crippen molar-refractivity contribution in [2.75, 3.05) is 19.3 Å². The number of halogens is 1. The van der Waals surface area contributed by atoms with Gasteiger partial charge in [-0.05, 0) is 25.0 Å². The van der Waals surface area contributed by atoms with Crippen LogP contribution in [0, 0.1) is 0 Å². The lowest BCUT2D eigenvalue weighted by Gasteiger charge is -2.28. The van der Waals surface area contributed by atoms with E-state index in [2.05, 4.69) is 15.3 Å². The second kappa shape index (κ2) is 7.34. The van der Waals surface area contributed by atoms with E-state index < -0.39 is 10.0 Å². The van der Waals surface area contributed by atoms with Crippen molar-refractivity contribution in [3.63, 3.8) is 0 Å². The van der Waals surface area contributed by atoms with Crippen molar-refractivity contribution in [2.45, 2.75) is 25.4 Å². The van der Waals surface area contributed by atoms with Crippen LogP contribution in [-0.2, 0) is 16.6 Å². The molecule has 8 nitrogen and oxygen atoms in total. The van der Waals surface area contributed by atoms with E-state index in [9.17, 15) is 8.42 Å². The van der Waals surface area contributed by atoms with Gasteiger partial charge in [0.2, 0.25) is 15.0 Å². The Hall–Kier alpha value is -1.75. The Morgan fingerprint density at radius 2 is 2.00 bits per heavy atom. The van der Waals surface area contributed by atoms with E-state index in [0.717, 1.165) is 10.8 Å². The maximum absolute atomic E-state index is 11.7. The van der Waals surface area contributed by atoms with Crippen molar-refractivity contribution in [2.24, 2.45) is 0 Å². The lowest BCUT2D eigenvalue weighted by atomic mass is 9.97. The Morgan fingerprint density at radius 1 is 1.26 bits per heavy atom. The average molecular weight is 428 g/mol. The van der Waals surface area contributed by atoms with Gasteiger partial charge in [0.15, 0.2) is 10.8 Å². The molecule has 2 aromatic heterocycles. The molecule has 27 heavy (non-hydrogen) atoms. The number of piperidine rings is 1. The lowest BCUT2D eigenvalue weighted by Crippen LogP contribution is -2.37. The molecule has 0 unspecified atom stereocenters. The van der Waals surface area contributed by atoms with Gasteiger partial charge in [0.05, 0.1) is 11.3 Å². The van der Waals surface area contributed by atoms with Crippen LogP contribution >= 0.6 is 22.9 Å². The van der Waals surface area contributed by atoms with Crippen LogP contribution < -0.4 is 4.74 Å². The number of fused-ring (bicyclic) bond motifs is 1. The molecule has 0 bridgehead atoms.